The Labute approximate surface area is 182 Å². The van der Waals surface area contributed by atoms with Gasteiger partial charge in [0.15, 0.2) is 0 Å². The van der Waals surface area contributed by atoms with Crippen LogP contribution in [0, 0.1) is 5.82 Å². The lowest BCUT2D eigenvalue weighted by Crippen LogP contribution is -2.13. The number of pyridine rings is 1. The lowest BCUT2D eigenvalue weighted by molar-refractivity contribution is 0.102. The van der Waals surface area contributed by atoms with Crippen molar-refractivity contribution in [3.63, 3.8) is 0 Å². The minimum absolute atomic E-state index is 0.154. The molecule has 4 rings (SSSR count). The molecule has 0 bridgehead atoms. The summed E-state index contributed by atoms with van der Waals surface area (Å²) in [5.74, 6) is -0.599. The molecule has 0 aliphatic heterocycles. The van der Waals surface area contributed by atoms with Crippen LogP contribution in [0.25, 0.3) is 11.1 Å². The van der Waals surface area contributed by atoms with Crippen molar-refractivity contribution in [2.75, 3.05) is 11.1 Å². The summed E-state index contributed by atoms with van der Waals surface area (Å²) in [5, 5.41) is 2.84. The molecule has 0 unspecified atom stereocenters. The molecule has 0 spiro atoms. The van der Waals surface area contributed by atoms with Crippen LogP contribution in [0.2, 0.25) is 0 Å². The molecule has 3 aromatic carbocycles. The monoisotopic (exact) mass is 431 g/mol. The zero-order valence-corrected chi connectivity index (χ0v) is 17.1. The number of benzene rings is 3. The quantitative estimate of drug-likeness (QED) is 0.381. The van der Waals surface area contributed by atoms with Crippen molar-refractivity contribution < 1.29 is 9.18 Å². The number of anilines is 2. The predicted octanol–water partition coefficient (Wildman–Crippen LogP) is 5.17. The van der Waals surface area contributed by atoms with Crippen LogP contribution in [-0.4, -0.2) is 10.9 Å². The van der Waals surface area contributed by atoms with E-state index in [1.807, 2.05) is 18.2 Å². The molecule has 1 aromatic heterocycles. The second kappa shape index (κ2) is 8.89. The lowest BCUT2D eigenvalue weighted by Gasteiger charge is -2.11. The number of hydrogen-bond donors (Lipinski definition) is 3. The van der Waals surface area contributed by atoms with Crippen LogP contribution in [0.3, 0.4) is 0 Å². The van der Waals surface area contributed by atoms with E-state index in [2.05, 4.69) is 10.3 Å². The molecular formula is C24H18FN3O2S. The maximum atomic E-state index is 13.2. The van der Waals surface area contributed by atoms with E-state index in [0.717, 1.165) is 20.9 Å². The Morgan fingerprint density at radius 3 is 2.23 bits per heavy atom. The minimum atomic E-state index is -0.310. The molecule has 4 aromatic rings. The maximum absolute atomic E-state index is 13.2. The number of H-pyrrole nitrogens is 1. The number of nitrogen functional groups attached to an aromatic ring is 1. The largest absolute Gasteiger partial charge is 0.397 e. The summed E-state index contributed by atoms with van der Waals surface area (Å²) in [6.07, 6.45) is 1.64. The highest BCUT2D eigenvalue weighted by atomic mass is 32.2. The van der Waals surface area contributed by atoms with E-state index in [4.69, 9.17) is 5.73 Å². The van der Waals surface area contributed by atoms with E-state index in [9.17, 15) is 14.0 Å². The van der Waals surface area contributed by atoms with Gasteiger partial charge in [0.2, 0.25) is 5.56 Å². The zero-order chi connectivity index (χ0) is 21.8. The molecule has 1 amide bonds. The second-order valence-electron chi connectivity index (χ2n) is 6.78. The fourth-order valence-corrected chi connectivity index (χ4v) is 3.75. The molecule has 154 valence electrons. The van der Waals surface area contributed by atoms with E-state index < -0.39 is 0 Å². The smallest absolute Gasteiger partial charge is 0.255 e. The molecule has 0 aliphatic carbocycles. The van der Waals surface area contributed by atoms with Crippen molar-refractivity contribution in [2.24, 2.45) is 0 Å². The van der Waals surface area contributed by atoms with Crippen LogP contribution in [0.1, 0.15) is 10.4 Å². The predicted molar refractivity (Wildman–Crippen MR) is 122 cm³/mol. The van der Waals surface area contributed by atoms with Gasteiger partial charge in [-0.25, -0.2) is 4.39 Å². The van der Waals surface area contributed by atoms with Gasteiger partial charge < -0.3 is 16.0 Å². The number of aromatic nitrogens is 1. The summed E-state index contributed by atoms with van der Waals surface area (Å²) >= 11 is 1.48. The fourth-order valence-electron chi connectivity index (χ4n) is 2.95. The van der Waals surface area contributed by atoms with E-state index in [0.29, 0.717) is 16.9 Å². The number of hydrogen-bond acceptors (Lipinski definition) is 4. The molecule has 0 saturated carbocycles. The van der Waals surface area contributed by atoms with Crippen LogP contribution in [0.4, 0.5) is 15.8 Å². The van der Waals surface area contributed by atoms with Crippen molar-refractivity contribution in [1.82, 2.24) is 4.98 Å². The maximum Gasteiger partial charge on any atom is 0.255 e. The van der Waals surface area contributed by atoms with Gasteiger partial charge in [-0.1, -0.05) is 30.0 Å². The Hall–Kier alpha value is -3.84. The van der Waals surface area contributed by atoms with Crippen molar-refractivity contribution >= 4 is 29.0 Å². The topological polar surface area (TPSA) is 88.0 Å². The number of nitrogens with one attached hydrogen (secondary N) is 2. The summed E-state index contributed by atoms with van der Waals surface area (Å²) in [4.78, 5) is 28.3. The van der Waals surface area contributed by atoms with E-state index >= 15 is 0 Å². The molecule has 0 atom stereocenters. The number of carbonyl (C=O) groups is 1. The van der Waals surface area contributed by atoms with Gasteiger partial charge in [0.05, 0.1) is 11.4 Å². The van der Waals surface area contributed by atoms with E-state index in [1.165, 1.54) is 30.0 Å². The molecule has 1 heterocycles. The van der Waals surface area contributed by atoms with Gasteiger partial charge in [-0.2, -0.15) is 0 Å². The van der Waals surface area contributed by atoms with Crippen molar-refractivity contribution in [3.05, 3.63) is 107 Å². The third kappa shape index (κ3) is 5.02. The molecular weight excluding hydrogens is 413 g/mol. The molecule has 0 aliphatic rings. The van der Waals surface area contributed by atoms with Gasteiger partial charge in [0.25, 0.3) is 5.91 Å². The highest BCUT2D eigenvalue weighted by molar-refractivity contribution is 7.99. The van der Waals surface area contributed by atoms with Gasteiger partial charge in [-0.05, 0) is 65.7 Å². The summed E-state index contributed by atoms with van der Waals surface area (Å²) in [6.45, 7) is 0. The SMILES string of the molecule is Nc1ccc(-c2ccc(F)cc2)cc1NC(=O)c1ccc(Sc2ccc(=O)[nH]c2)cc1. The van der Waals surface area contributed by atoms with Crippen molar-refractivity contribution in [3.8, 4) is 11.1 Å². The molecule has 7 heteroatoms. The average molecular weight is 431 g/mol. The van der Waals surface area contributed by atoms with Crippen LogP contribution in [-0.2, 0) is 0 Å². The van der Waals surface area contributed by atoms with Crippen molar-refractivity contribution in [1.29, 1.82) is 0 Å². The Morgan fingerprint density at radius 1 is 0.871 bits per heavy atom. The first kappa shape index (κ1) is 20.4. The average Bonchev–Trinajstić information content (AvgIpc) is 2.78. The zero-order valence-electron chi connectivity index (χ0n) is 16.3. The highest BCUT2D eigenvalue weighted by Gasteiger charge is 2.10. The standard InChI is InChI=1S/C24H18FN3O2S/c25-18-6-1-15(2-7-18)17-5-11-21(26)22(13-17)28-24(30)16-3-8-19(9-4-16)31-20-10-12-23(29)27-14-20/h1-14H,26H2,(H,27,29)(H,28,30). The van der Waals surface area contributed by atoms with Gasteiger partial charge in [0, 0.05) is 27.6 Å². The van der Waals surface area contributed by atoms with Gasteiger partial charge >= 0.3 is 0 Å². The molecule has 0 fully saturated rings. The summed E-state index contributed by atoms with van der Waals surface area (Å²) in [5.41, 5.74) is 8.92. The molecule has 4 N–H and O–H groups in total. The van der Waals surface area contributed by atoms with E-state index in [-0.39, 0.29) is 17.3 Å². The summed E-state index contributed by atoms with van der Waals surface area (Å²) in [7, 11) is 0. The van der Waals surface area contributed by atoms with E-state index in [1.54, 1.807) is 48.7 Å². The third-order valence-corrected chi connectivity index (χ3v) is 5.58. The first-order chi connectivity index (χ1) is 15.0. The number of carbonyl (C=O) groups excluding carboxylic acids is 1. The first-order valence-corrected chi connectivity index (χ1v) is 10.2. The van der Waals surface area contributed by atoms with Crippen LogP contribution in [0.15, 0.2) is 99.6 Å². The molecule has 5 nitrogen and oxygen atoms in total. The van der Waals surface area contributed by atoms with Crippen LogP contribution < -0.4 is 16.6 Å². The lowest BCUT2D eigenvalue weighted by atomic mass is 10.0. The summed E-state index contributed by atoms with van der Waals surface area (Å²) < 4.78 is 13.2. The number of rotatable bonds is 5. The minimum Gasteiger partial charge on any atom is -0.397 e. The number of nitrogens with two attached hydrogens (primary N) is 1. The first-order valence-electron chi connectivity index (χ1n) is 9.41. The molecule has 31 heavy (non-hydrogen) atoms. The second-order valence-corrected chi connectivity index (χ2v) is 7.93. The number of amides is 1. The number of aromatic amines is 1. The van der Waals surface area contributed by atoms with Gasteiger partial charge in [-0.15, -0.1) is 0 Å². The Kier molecular flexibility index (Phi) is 5.86. The number of halogens is 1. The Morgan fingerprint density at radius 2 is 1.55 bits per heavy atom. The summed E-state index contributed by atoms with van der Waals surface area (Å²) in [6, 6.07) is 21.7. The normalized spacial score (nSPS) is 10.6. The fraction of sp³-hybridized carbons (Fsp3) is 0. The van der Waals surface area contributed by atoms with Crippen LogP contribution in [0.5, 0.6) is 0 Å². The third-order valence-electron chi connectivity index (χ3n) is 4.59. The van der Waals surface area contributed by atoms with Gasteiger partial charge in [-0.3, -0.25) is 9.59 Å². The Balaban J connectivity index is 1.48. The van der Waals surface area contributed by atoms with Gasteiger partial charge in [0.1, 0.15) is 5.82 Å². The van der Waals surface area contributed by atoms with Crippen molar-refractivity contribution in [2.45, 2.75) is 9.79 Å². The Bertz CT molecular complexity index is 1270. The highest BCUT2D eigenvalue weighted by Crippen LogP contribution is 2.29. The molecule has 0 radical (unpaired) electrons. The van der Waals surface area contributed by atoms with Crippen LogP contribution >= 0.6 is 11.8 Å². The molecule has 0 saturated heterocycles.